The molecule has 0 N–H and O–H groups in total. The Balaban J connectivity index is 1.14. The highest BCUT2D eigenvalue weighted by Crippen LogP contribution is 2.44. The summed E-state index contributed by atoms with van der Waals surface area (Å²) in [6.45, 7) is 0. The minimum Gasteiger partial charge on any atom is -0.455 e. The van der Waals surface area contributed by atoms with Crippen molar-refractivity contribution in [3.63, 3.8) is 0 Å². The first-order chi connectivity index (χ1) is 25.8. The number of fused-ring (bicyclic) bond motifs is 6. The molecule has 0 unspecified atom stereocenters. The molecule has 1 aromatic heterocycles. The molecule has 10 aromatic rings. The molecule has 0 spiro atoms. The molecule has 0 aliphatic heterocycles. The van der Waals surface area contributed by atoms with Crippen LogP contribution in [0.5, 0.6) is 0 Å². The van der Waals surface area contributed by atoms with Gasteiger partial charge in [-0.1, -0.05) is 158 Å². The molecular formula is C50H33NO. The van der Waals surface area contributed by atoms with Crippen LogP contribution in [0.4, 0.5) is 17.1 Å². The van der Waals surface area contributed by atoms with E-state index in [0.717, 1.165) is 60.9 Å². The molecule has 0 fully saturated rings. The van der Waals surface area contributed by atoms with Crippen LogP contribution >= 0.6 is 0 Å². The zero-order valence-electron chi connectivity index (χ0n) is 28.4. The lowest BCUT2D eigenvalue weighted by Gasteiger charge is -2.28. The molecule has 2 heteroatoms. The second-order valence-corrected chi connectivity index (χ2v) is 13.3. The van der Waals surface area contributed by atoms with Crippen LogP contribution < -0.4 is 4.90 Å². The Morgan fingerprint density at radius 3 is 1.71 bits per heavy atom. The predicted molar refractivity (Wildman–Crippen MR) is 220 cm³/mol. The van der Waals surface area contributed by atoms with Crippen molar-refractivity contribution in [2.24, 2.45) is 0 Å². The van der Waals surface area contributed by atoms with E-state index in [0.29, 0.717) is 0 Å². The van der Waals surface area contributed by atoms with Gasteiger partial charge in [0.2, 0.25) is 0 Å². The summed E-state index contributed by atoms with van der Waals surface area (Å²) in [5.41, 5.74) is 12.2. The van der Waals surface area contributed by atoms with Crippen molar-refractivity contribution in [3.05, 3.63) is 200 Å². The van der Waals surface area contributed by atoms with Gasteiger partial charge < -0.3 is 9.32 Å². The smallest absolute Gasteiger partial charge is 0.143 e. The highest BCUT2D eigenvalue weighted by Gasteiger charge is 2.19. The van der Waals surface area contributed by atoms with Gasteiger partial charge in [-0.05, 0) is 86.4 Å². The van der Waals surface area contributed by atoms with E-state index in [2.05, 4.69) is 199 Å². The van der Waals surface area contributed by atoms with Crippen LogP contribution in [0.1, 0.15) is 0 Å². The van der Waals surface area contributed by atoms with Crippen LogP contribution in [-0.4, -0.2) is 0 Å². The van der Waals surface area contributed by atoms with Gasteiger partial charge in [-0.3, -0.25) is 0 Å². The number of rotatable bonds is 6. The minimum absolute atomic E-state index is 0.911. The largest absolute Gasteiger partial charge is 0.455 e. The highest BCUT2D eigenvalue weighted by atomic mass is 16.3. The molecule has 2 nitrogen and oxygen atoms in total. The molecule has 0 radical (unpaired) electrons. The van der Waals surface area contributed by atoms with Gasteiger partial charge in [-0.2, -0.15) is 0 Å². The summed E-state index contributed by atoms with van der Waals surface area (Å²) in [6.07, 6.45) is 0. The summed E-state index contributed by atoms with van der Waals surface area (Å²) < 4.78 is 6.52. The number of furan rings is 1. The van der Waals surface area contributed by atoms with Crippen molar-refractivity contribution >= 4 is 60.5 Å². The van der Waals surface area contributed by atoms with Gasteiger partial charge in [0.05, 0.1) is 5.69 Å². The molecular weight excluding hydrogens is 631 g/mol. The second-order valence-electron chi connectivity index (χ2n) is 13.3. The van der Waals surface area contributed by atoms with Crippen LogP contribution in [-0.2, 0) is 0 Å². The quantitative estimate of drug-likeness (QED) is 0.176. The zero-order valence-corrected chi connectivity index (χ0v) is 28.4. The average Bonchev–Trinajstić information content (AvgIpc) is 3.61. The van der Waals surface area contributed by atoms with Crippen molar-refractivity contribution in [3.8, 4) is 33.4 Å². The van der Waals surface area contributed by atoms with Gasteiger partial charge >= 0.3 is 0 Å². The number of nitrogens with zero attached hydrogens (tertiary/aromatic N) is 1. The standard InChI is InChI=1S/C50H33NO/c1-2-12-34(13-3-1)35-24-29-39(30-25-35)51(47-22-8-6-18-44(47)43-21-10-15-36-14-4-5-17-41(36)43)40-31-26-37(27-32-40)42-20-11-16-38-28-33-46-45-19-7-9-23-48(45)52-50(46)49(38)42/h1-33H. The molecule has 0 amide bonds. The molecule has 0 aliphatic carbocycles. The van der Waals surface area contributed by atoms with E-state index >= 15 is 0 Å². The first-order valence-electron chi connectivity index (χ1n) is 17.8. The molecule has 52 heavy (non-hydrogen) atoms. The van der Waals surface area contributed by atoms with Crippen molar-refractivity contribution in [1.29, 1.82) is 0 Å². The third kappa shape index (κ3) is 5.04. The second kappa shape index (κ2) is 12.5. The molecule has 0 saturated carbocycles. The van der Waals surface area contributed by atoms with Crippen molar-refractivity contribution < 1.29 is 4.42 Å². The van der Waals surface area contributed by atoms with E-state index in [9.17, 15) is 0 Å². The van der Waals surface area contributed by atoms with Gasteiger partial charge in [0, 0.05) is 33.1 Å². The third-order valence-corrected chi connectivity index (χ3v) is 10.3. The van der Waals surface area contributed by atoms with E-state index in [1.54, 1.807) is 0 Å². The molecule has 0 bridgehead atoms. The molecule has 0 saturated heterocycles. The van der Waals surface area contributed by atoms with Crippen LogP contribution in [0, 0.1) is 0 Å². The summed E-state index contributed by atoms with van der Waals surface area (Å²) in [5, 5.41) is 7.05. The SMILES string of the molecule is c1ccc(-c2ccc(N(c3ccc(-c4cccc5ccc6c7ccccc7oc6c45)cc3)c3ccccc3-c3cccc4ccccc34)cc2)cc1. The fraction of sp³-hybridized carbons (Fsp3) is 0. The molecule has 1 heterocycles. The monoisotopic (exact) mass is 663 g/mol. The first kappa shape index (κ1) is 30.0. The van der Waals surface area contributed by atoms with Gasteiger partial charge in [-0.25, -0.2) is 0 Å². The van der Waals surface area contributed by atoms with Crippen LogP contribution in [0.15, 0.2) is 205 Å². The Labute approximate surface area is 302 Å². The van der Waals surface area contributed by atoms with E-state index in [1.807, 2.05) is 6.07 Å². The third-order valence-electron chi connectivity index (χ3n) is 10.3. The van der Waals surface area contributed by atoms with Gasteiger partial charge in [0.1, 0.15) is 11.2 Å². The number of hydrogen-bond donors (Lipinski definition) is 0. The lowest BCUT2D eigenvalue weighted by atomic mass is 9.95. The molecule has 10 rings (SSSR count). The Morgan fingerprint density at radius 1 is 0.327 bits per heavy atom. The Hall–Kier alpha value is -6.90. The Morgan fingerprint density at radius 2 is 0.904 bits per heavy atom. The summed E-state index contributed by atoms with van der Waals surface area (Å²) in [7, 11) is 0. The average molecular weight is 664 g/mol. The Bertz CT molecular complexity index is 2880. The maximum absolute atomic E-state index is 6.52. The van der Waals surface area contributed by atoms with E-state index in [-0.39, 0.29) is 0 Å². The molecule has 0 atom stereocenters. The lowest BCUT2D eigenvalue weighted by Crippen LogP contribution is -2.11. The Kier molecular flexibility index (Phi) is 7.18. The normalized spacial score (nSPS) is 11.5. The zero-order chi connectivity index (χ0) is 34.4. The van der Waals surface area contributed by atoms with E-state index in [1.165, 1.54) is 33.0 Å². The fourth-order valence-electron chi connectivity index (χ4n) is 7.80. The van der Waals surface area contributed by atoms with Crippen LogP contribution in [0.2, 0.25) is 0 Å². The van der Waals surface area contributed by atoms with Gasteiger partial charge in [0.15, 0.2) is 0 Å². The number of hydrogen-bond acceptors (Lipinski definition) is 2. The lowest BCUT2D eigenvalue weighted by molar-refractivity contribution is 0.673. The van der Waals surface area contributed by atoms with Crippen molar-refractivity contribution in [2.75, 3.05) is 4.90 Å². The molecule has 0 aliphatic rings. The van der Waals surface area contributed by atoms with E-state index < -0.39 is 0 Å². The molecule has 9 aromatic carbocycles. The van der Waals surface area contributed by atoms with Crippen molar-refractivity contribution in [1.82, 2.24) is 0 Å². The minimum atomic E-state index is 0.911. The van der Waals surface area contributed by atoms with Crippen molar-refractivity contribution in [2.45, 2.75) is 0 Å². The topological polar surface area (TPSA) is 16.4 Å². The summed E-state index contributed by atoms with van der Waals surface area (Å²) in [4.78, 5) is 2.39. The first-order valence-corrected chi connectivity index (χ1v) is 17.8. The van der Waals surface area contributed by atoms with Crippen LogP contribution in [0.3, 0.4) is 0 Å². The number of anilines is 3. The highest BCUT2D eigenvalue weighted by molar-refractivity contribution is 6.19. The number of benzene rings is 9. The number of para-hydroxylation sites is 2. The van der Waals surface area contributed by atoms with Gasteiger partial charge in [0.25, 0.3) is 0 Å². The maximum Gasteiger partial charge on any atom is 0.143 e. The maximum atomic E-state index is 6.52. The summed E-state index contributed by atoms with van der Waals surface area (Å²) >= 11 is 0. The molecule has 244 valence electrons. The summed E-state index contributed by atoms with van der Waals surface area (Å²) in [6, 6.07) is 71.7. The fourth-order valence-corrected chi connectivity index (χ4v) is 7.80. The summed E-state index contributed by atoms with van der Waals surface area (Å²) in [5.74, 6) is 0. The predicted octanol–water partition coefficient (Wildman–Crippen LogP) is 14.4. The van der Waals surface area contributed by atoms with Crippen LogP contribution in [0.25, 0.3) is 76.9 Å². The van der Waals surface area contributed by atoms with Gasteiger partial charge in [-0.15, -0.1) is 0 Å². The van der Waals surface area contributed by atoms with E-state index in [4.69, 9.17) is 4.42 Å².